The van der Waals surface area contributed by atoms with Gasteiger partial charge in [0.1, 0.15) is 5.75 Å². The Morgan fingerprint density at radius 1 is 1.53 bits per heavy atom. The molecule has 0 bridgehead atoms. The van der Waals surface area contributed by atoms with E-state index in [1.54, 1.807) is 12.1 Å². The van der Waals surface area contributed by atoms with Gasteiger partial charge in [0, 0.05) is 19.1 Å². The molecule has 0 aromatic heterocycles. The Labute approximate surface area is 114 Å². The molecule has 0 aliphatic carbocycles. The molecule has 4 heteroatoms. The van der Waals surface area contributed by atoms with Crippen molar-refractivity contribution in [2.75, 3.05) is 13.1 Å². The Morgan fingerprint density at radius 2 is 2.26 bits per heavy atom. The van der Waals surface area contributed by atoms with Crippen LogP contribution in [0.5, 0.6) is 5.75 Å². The molecule has 3 N–H and O–H groups in total. The van der Waals surface area contributed by atoms with Crippen molar-refractivity contribution in [1.82, 2.24) is 4.90 Å². The van der Waals surface area contributed by atoms with E-state index in [9.17, 15) is 9.90 Å². The third-order valence-electron chi connectivity index (χ3n) is 3.99. The number of rotatable bonds is 2. The van der Waals surface area contributed by atoms with Crippen molar-refractivity contribution < 1.29 is 9.90 Å². The second-order valence-corrected chi connectivity index (χ2v) is 5.39. The Hall–Kier alpha value is -1.55. The van der Waals surface area contributed by atoms with Gasteiger partial charge in [0.15, 0.2) is 0 Å². The summed E-state index contributed by atoms with van der Waals surface area (Å²) in [6.45, 7) is 5.34. The second kappa shape index (κ2) is 5.61. The van der Waals surface area contributed by atoms with E-state index in [0.29, 0.717) is 24.6 Å². The van der Waals surface area contributed by atoms with Crippen LogP contribution in [0.1, 0.15) is 35.7 Å². The topological polar surface area (TPSA) is 66.6 Å². The lowest BCUT2D eigenvalue weighted by atomic mass is 9.90. The van der Waals surface area contributed by atoms with Gasteiger partial charge in [0.05, 0.1) is 5.56 Å². The van der Waals surface area contributed by atoms with Crippen LogP contribution >= 0.6 is 0 Å². The smallest absolute Gasteiger partial charge is 0.257 e. The molecular weight excluding hydrogens is 240 g/mol. The number of amides is 1. The maximum atomic E-state index is 12.4. The first kappa shape index (κ1) is 13.9. The maximum Gasteiger partial charge on any atom is 0.257 e. The molecule has 0 radical (unpaired) electrons. The molecule has 1 aliphatic heterocycles. The highest BCUT2D eigenvalue weighted by molar-refractivity contribution is 5.97. The minimum Gasteiger partial charge on any atom is -0.507 e. The van der Waals surface area contributed by atoms with E-state index in [1.165, 1.54) is 0 Å². The number of nitrogens with two attached hydrogens (primary N) is 1. The van der Waals surface area contributed by atoms with Crippen molar-refractivity contribution in [3.8, 4) is 5.75 Å². The predicted octanol–water partition coefficient (Wildman–Crippen LogP) is 1.90. The number of aryl methyl sites for hydroxylation is 1. The van der Waals surface area contributed by atoms with E-state index >= 15 is 0 Å². The van der Waals surface area contributed by atoms with Gasteiger partial charge in [-0.1, -0.05) is 19.4 Å². The van der Waals surface area contributed by atoms with Crippen LogP contribution in [0.3, 0.4) is 0 Å². The van der Waals surface area contributed by atoms with Crippen LogP contribution in [0.2, 0.25) is 0 Å². The van der Waals surface area contributed by atoms with Gasteiger partial charge in [-0.05, 0) is 37.0 Å². The van der Waals surface area contributed by atoms with E-state index in [1.807, 2.05) is 17.9 Å². The average Bonchev–Trinajstić information content (AvgIpc) is 2.38. The lowest BCUT2D eigenvalue weighted by Crippen LogP contribution is -2.49. The van der Waals surface area contributed by atoms with Gasteiger partial charge in [-0.2, -0.15) is 0 Å². The van der Waals surface area contributed by atoms with Crippen LogP contribution < -0.4 is 5.73 Å². The van der Waals surface area contributed by atoms with Gasteiger partial charge >= 0.3 is 0 Å². The van der Waals surface area contributed by atoms with E-state index in [2.05, 4.69) is 6.92 Å². The van der Waals surface area contributed by atoms with Crippen LogP contribution in [0.4, 0.5) is 0 Å². The van der Waals surface area contributed by atoms with E-state index in [-0.39, 0.29) is 17.7 Å². The summed E-state index contributed by atoms with van der Waals surface area (Å²) in [5, 5.41) is 9.90. The van der Waals surface area contributed by atoms with Gasteiger partial charge in [0.25, 0.3) is 5.91 Å². The quantitative estimate of drug-likeness (QED) is 0.855. The monoisotopic (exact) mass is 262 g/mol. The molecule has 2 unspecified atom stereocenters. The predicted molar refractivity (Wildman–Crippen MR) is 75.1 cm³/mol. The molecule has 19 heavy (non-hydrogen) atoms. The number of benzene rings is 1. The van der Waals surface area contributed by atoms with E-state index < -0.39 is 0 Å². The Kier molecular flexibility index (Phi) is 4.10. The number of phenolic OH excluding ortho intramolecular Hbond substituents is 1. The first-order valence-corrected chi connectivity index (χ1v) is 6.87. The molecule has 1 aliphatic rings. The van der Waals surface area contributed by atoms with E-state index in [4.69, 9.17) is 5.73 Å². The van der Waals surface area contributed by atoms with Crippen LogP contribution in [0, 0.1) is 12.8 Å². The summed E-state index contributed by atoms with van der Waals surface area (Å²) >= 11 is 0. The van der Waals surface area contributed by atoms with Crippen LogP contribution in [0.25, 0.3) is 0 Å². The van der Waals surface area contributed by atoms with Gasteiger partial charge in [-0.15, -0.1) is 0 Å². The minimum atomic E-state index is -0.0946. The summed E-state index contributed by atoms with van der Waals surface area (Å²) in [4.78, 5) is 14.2. The van der Waals surface area contributed by atoms with Crippen LogP contribution in [0.15, 0.2) is 18.2 Å². The number of piperidine rings is 1. The molecule has 1 aromatic rings. The molecular formula is C15H22N2O2. The Balaban J connectivity index is 2.15. The van der Waals surface area contributed by atoms with Crippen LogP contribution in [-0.2, 0) is 0 Å². The average molecular weight is 262 g/mol. The lowest BCUT2D eigenvalue weighted by molar-refractivity contribution is 0.0646. The molecule has 1 amide bonds. The highest BCUT2D eigenvalue weighted by Gasteiger charge is 2.29. The first-order chi connectivity index (χ1) is 9.02. The standard InChI is InChI=1S/C15H22N2O2/c1-3-11-9-17(7-6-13(11)16)15(19)12-5-4-10(2)8-14(12)18/h4-5,8,11,13,18H,3,6-7,9,16H2,1-2H3. The summed E-state index contributed by atoms with van der Waals surface area (Å²) < 4.78 is 0. The molecule has 1 aromatic carbocycles. The summed E-state index contributed by atoms with van der Waals surface area (Å²) in [5.41, 5.74) is 7.38. The minimum absolute atomic E-state index is 0.0629. The zero-order valence-corrected chi connectivity index (χ0v) is 11.6. The van der Waals surface area contributed by atoms with Crippen molar-refractivity contribution in [1.29, 1.82) is 0 Å². The highest BCUT2D eigenvalue weighted by atomic mass is 16.3. The molecule has 2 atom stereocenters. The molecule has 1 saturated heterocycles. The van der Waals surface area contributed by atoms with Crippen molar-refractivity contribution in [2.45, 2.75) is 32.7 Å². The van der Waals surface area contributed by atoms with Gasteiger partial charge in [-0.25, -0.2) is 0 Å². The third kappa shape index (κ3) is 2.89. The number of phenols is 1. The molecule has 4 nitrogen and oxygen atoms in total. The fourth-order valence-corrected chi connectivity index (χ4v) is 2.66. The number of hydrogen-bond donors (Lipinski definition) is 2. The second-order valence-electron chi connectivity index (χ2n) is 5.39. The number of nitrogens with zero attached hydrogens (tertiary/aromatic N) is 1. The fraction of sp³-hybridized carbons (Fsp3) is 0.533. The van der Waals surface area contributed by atoms with E-state index in [0.717, 1.165) is 18.4 Å². The Bertz CT molecular complexity index is 473. The lowest BCUT2D eigenvalue weighted by Gasteiger charge is -2.36. The zero-order valence-electron chi connectivity index (χ0n) is 11.6. The number of carbonyl (C=O) groups excluding carboxylic acids is 1. The zero-order chi connectivity index (χ0) is 14.0. The number of hydrogen-bond acceptors (Lipinski definition) is 3. The van der Waals surface area contributed by atoms with Gasteiger partial charge < -0.3 is 15.7 Å². The third-order valence-corrected chi connectivity index (χ3v) is 3.99. The van der Waals surface area contributed by atoms with Crippen LogP contribution in [-0.4, -0.2) is 35.0 Å². The summed E-state index contributed by atoms with van der Waals surface area (Å²) in [5.74, 6) is 0.320. The molecule has 0 spiro atoms. The SMILES string of the molecule is CCC1CN(C(=O)c2ccc(C)cc2O)CCC1N. The Morgan fingerprint density at radius 3 is 2.89 bits per heavy atom. The molecule has 2 rings (SSSR count). The molecule has 104 valence electrons. The first-order valence-electron chi connectivity index (χ1n) is 6.87. The molecule has 1 heterocycles. The van der Waals surface area contributed by atoms with Crippen molar-refractivity contribution in [2.24, 2.45) is 11.7 Å². The number of carbonyl (C=O) groups is 1. The van der Waals surface area contributed by atoms with Gasteiger partial charge in [-0.3, -0.25) is 4.79 Å². The summed E-state index contributed by atoms with van der Waals surface area (Å²) in [6, 6.07) is 5.35. The largest absolute Gasteiger partial charge is 0.507 e. The molecule has 0 saturated carbocycles. The fourth-order valence-electron chi connectivity index (χ4n) is 2.66. The van der Waals surface area contributed by atoms with Gasteiger partial charge in [0.2, 0.25) is 0 Å². The van der Waals surface area contributed by atoms with Crippen molar-refractivity contribution >= 4 is 5.91 Å². The number of aromatic hydroxyl groups is 1. The number of likely N-dealkylation sites (tertiary alicyclic amines) is 1. The maximum absolute atomic E-state index is 12.4. The summed E-state index contributed by atoms with van der Waals surface area (Å²) in [7, 11) is 0. The van der Waals surface area contributed by atoms with Crippen molar-refractivity contribution in [3.63, 3.8) is 0 Å². The highest BCUT2D eigenvalue weighted by Crippen LogP contribution is 2.24. The summed E-state index contributed by atoms with van der Waals surface area (Å²) in [6.07, 6.45) is 1.81. The normalized spacial score (nSPS) is 23.4. The molecule has 1 fully saturated rings. The van der Waals surface area contributed by atoms with Crippen molar-refractivity contribution in [3.05, 3.63) is 29.3 Å².